The molecule has 2 aromatic carbocycles. The fraction of sp³-hybridized carbons (Fsp3) is 0.158. The van der Waals surface area contributed by atoms with E-state index in [-0.39, 0.29) is 11.1 Å². The number of thioether (sulfide) groups is 1. The van der Waals surface area contributed by atoms with Crippen LogP contribution in [0, 0.1) is 6.92 Å². The Labute approximate surface area is 159 Å². The van der Waals surface area contributed by atoms with Crippen molar-refractivity contribution in [2.24, 2.45) is 0 Å². The monoisotopic (exact) mass is 417 g/mol. The lowest BCUT2D eigenvalue weighted by atomic mass is 10.1. The highest BCUT2D eigenvalue weighted by Crippen LogP contribution is 2.33. The highest BCUT2D eigenvalue weighted by Gasteiger charge is 2.31. The Morgan fingerprint density at radius 2 is 1.88 bits per heavy atom. The SMILES string of the molecule is Cc1ccc(COc2ccc(/C=C3\SC(=O)N(C)C3=O)cc2Br)cc1. The molecule has 1 aliphatic rings. The van der Waals surface area contributed by atoms with Gasteiger partial charge in [-0.15, -0.1) is 0 Å². The molecule has 1 heterocycles. The van der Waals surface area contributed by atoms with Crippen LogP contribution in [0.2, 0.25) is 0 Å². The first-order valence-corrected chi connectivity index (χ1v) is 9.24. The van der Waals surface area contributed by atoms with E-state index in [2.05, 4.69) is 28.1 Å². The Morgan fingerprint density at radius 3 is 2.48 bits per heavy atom. The van der Waals surface area contributed by atoms with Crippen LogP contribution < -0.4 is 4.74 Å². The van der Waals surface area contributed by atoms with E-state index in [0.717, 1.165) is 38.0 Å². The van der Waals surface area contributed by atoms with Gasteiger partial charge in [0.25, 0.3) is 11.1 Å². The smallest absolute Gasteiger partial charge is 0.293 e. The lowest BCUT2D eigenvalue weighted by Gasteiger charge is -2.09. The minimum absolute atomic E-state index is 0.256. The van der Waals surface area contributed by atoms with Gasteiger partial charge in [-0.2, -0.15) is 0 Å². The van der Waals surface area contributed by atoms with Crippen molar-refractivity contribution in [2.45, 2.75) is 13.5 Å². The number of amides is 2. The summed E-state index contributed by atoms with van der Waals surface area (Å²) in [5, 5.41) is -0.256. The first-order chi connectivity index (χ1) is 11.9. The van der Waals surface area contributed by atoms with E-state index in [1.165, 1.54) is 12.6 Å². The molecule has 0 saturated carbocycles. The van der Waals surface area contributed by atoms with Gasteiger partial charge in [-0.3, -0.25) is 14.5 Å². The number of imide groups is 1. The average Bonchev–Trinajstić information content (AvgIpc) is 2.83. The summed E-state index contributed by atoms with van der Waals surface area (Å²) in [5.74, 6) is 0.451. The molecule has 2 amide bonds. The van der Waals surface area contributed by atoms with Gasteiger partial charge in [0.05, 0.1) is 9.38 Å². The molecule has 0 unspecified atom stereocenters. The third-order valence-corrected chi connectivity index (χ3v) is 5.34. The van der Waals surface area contributed by atoms with Crippen LogP contribution in [-0.2, 0) is 11.4 Å². The maximum Gasteiger partial charge on any atom is 0.293 e. The van der Waals surface area contributed by atoms with E-state index in [1.54, 1.807) is 6.08 Å². The number of likely N-dealkylation sites (N-methyl/N-ethyl adjacent to an activating group) is 1. The van der Waals surface area contributed by atoms with Gasteiger partial charge in [0.2, 0.25) is 0 Å². The van der Waals surface area contributed by atoms with Gasteiger partial charge in [0.1, 0.15) is 12.4 Å². The van der Waals surface area contributed by atoms with Crippen molar-refractivity contribution in [1.82, 2.24) is 4.90 Å². The van der Waals surface area contributed by atoms with Crippen molar-refractivity contribution in [1.29, 1.82) is 0 Å². The Morgan fingerprint density at radius 1 is 1.16 bits per heavy atom. The van der Waals surface area contributed by atoms with E-state index >= 15 is 0 Å². The van der Waals surface area contributed by atoms with Crippen LogP contribution in [0.5, 0.6) is 5.75 Å². The highest BCUT2D eigenvalue weighted by atomic mass is 79.9. The van der Waals surface area contributed by atoms with Crippen molar-refractivity contribution in [2.75, 3.05) is 7.05 Å². The molecule has 0 bridgehead atoms. The molecule has 0 radical (unpaired) electrons. The number of aryl methyl sites for hydroxylation is 1. The summed E-state index contributed by atoms with van der Waals surface area (Å²) in [4.78, 5) is 25.0. The zero-order valence-corrected chi connectivity index (χ0v) is 16.2. The molecule has 0 spiro atoms. The molecule has 0 aromatic heterocycles. The minimum atomic E-state index is -0.272. The van der Waals surface area contributed by atoms with Crippen molar-refractivity contribution in [3.63, 3.8) is 0 Å². The van der Waals surface area contributed by atoms with Gasteiger partial charge in [0.15, 0.2) is 0 Å². The van der Waals surface area contributed by atoms with E-state index < -0.39 is 0 Å². The molecule has 6 heteroatoms. The molecule has 0 atom stereocenters. The molecular weight excluding hydrogens is 402 g/mol. The van der Waals surface area contributed by atoms with Crippen LogP contribution in [-0.4, -0.2) is 23.1 Å². The summed E-state index contributed by atoms with van der Waals surface area (Å²) in [6, 6.07) is 13.8. The lowest BCUT2D eigenvalue weighted by molar-refractivity contribution is -0.121. The Balaban J connectivity index is 1.72. The second kappa shape index (κ2) is 7.45. The molecule has 2 aromatic rings. The minimum Gasteiger partial charge on any atom is -0.488 e. The van der Waals surface area contributed by atoms with E-state index in [9.17, 15) is 9.59 Å². The summed E-state index contributed by atoms with van der Waals surface area (Å²) < 4.78 is 6.64. The molecule has 1 saturated heterocycles. The highest BCUT2D eigenvalue weighted by molar-refractivity contribution is 9.10. The average molecular weight is 418 g/mol. The number of rotatable bonds is 4. The Kier molecular flexibility index (Phi) is 5.30. The van der Waals surface area contributed by atoms with E-state index in [1.807, 2.05) is 37.3 Å². The maximum atomic E-state index is 11.9. The molecule has 0 N–H and O–H groups in total. The molecule has 128 valence electrons. The number of hydrogen-bond acceptors (Lipinski definition) is 4. The number of ether oxygens (including phenoxy) is 1. The third-order valence-electron chi connectivity index (χ3n) is 3.76. The zero-order valence-electron chi connectivity index (χ0n) is 13.8. The van der Waals surface area contributed by atoms with Crippen LogP contribution in [0.3, 0.4) is 0 Å². The predicted molar refractivity (Wildman–Crippen MR) is 103 cm³/mol. The lowest BCUT2D eigenvalue weighted by Crippen LogP contribution is -2.22. The molecule has 0 aliphatic carbocycles. The molecule has 3 rings (SSSR count). The quantitative estimate of drug-likeness (QED) is 0.656. The van der Waals surface area contributed by atoms with E-state index in [0.29, 0.717) is 11.5 Å². The first-order valence-electron chi connectivity index (χ1n) is 7.63. The van der Waals surface area contributed by atoms with Gasteiger partial charge in [-0.1, -0.05) is 35.9 Å². The summed E-state index contributed by atoms with van der Waals surface area (Å²) in [5.41, 5.74) is 3.14. The predicted octanol–water partition coefficient (Wildman–Crippen LogP) is 5.00. The number of carbonyl (C=O) groups is 2. The first kappa shape index (κ1) is 17.8. The van der Waals surface area contributed by atoms with Crippen molar-refractivity contribution in [3.05, 3.63) is 68.5 Å². The standard InChI is InChI=1S/C19H16BrNO3S/c1-12-3-5-13(6-4-12)11-24-16-8-7-14(9-15(16)20)10-17-18(22)21(2)19(23)25-17/h3-10H,11H2,1-2H3/b17-10-. The normalized spacial score (nSPS) is 16.0. The third kappa shape index (κ3) is 4.14. The fourth-order valence-corrected chi connectivity index (χ4v) is 3.60. The fourth-order valence-electron chi connectivity index (χ4n) is 2.27. The van der Waals surface area contributed by atoms with Gasteiger partial charge in [-0.25, -0.2) is 0 Å². The van der Waals surface area contributed by atoms with E-state index in [4.69, 9.17) is 4.74 Å². The maximum absolute atomic E-state index is 11.9. The summed E-state index contributed by atoms with van der Waals surface area (Å²) in [7, 11) is 1.48. The van der Waals surface area contributed by atoms with Crippen LogP contribution in [0.25, 0.3) is 6.08 Å². The van der Waals surface area contributed by atoms with Gasteiger partial charge >= 0.3 is 0 Å². The zero-order chi connectivity index (χ0) is 18.0. The number of nitrogens with zero attached hydrogens (tertiary/aromatic N) is 1. The van der Waals surface area contributed by atoms with Crippen molar-refractivity contribution < 1.29 is 14.3 Å². The van der Waals surface area contributed by atoms with Crippen LogP contribution in [0.1, 0.15) is 16.7 Å². The van der Waals surface area contributed by atoms with Gasteiger partial charge in [-0.05, 0) is 64.0 Å². The Bertz CT molecular complexity index is 861. The molecule has 1 fully saturated rings. The number of halogens is 1. The van der Waals surface area contributed by atoms with Crippen LogP contribution in [0.15, 0.2) is 51.8 Å². The van der Waals surface area contributed by atoms with Crippen LogP contribution in [0.4, 0.5) is 4.79 Å². The molecule has 25 heavy (non-hydrogen) atoms. The topological polar surface area (TPSA) is 46.6 Å². The van der Waals surface area contributed by atoms with Crippen molar-refractivity contribution >= 4 is 44.9 Å². The number of carbonyl (C=O) groups excluding carboxylic acids is 2. The molecule has 1 aliphatic heterocycles. The van der Waals surface area contributed by atoms with Crippen molar-refractivity contribution in [3.8, 4) is 5.75 Å². The molecular formula is C19H16BrNO3S. The Hall–Kier alpha value is -2.05. The van der Waals surface area contributed by atoms with Gasteiger partial charge < -0.3 is 4.74 Å². The second-order valence-corrected chi connectivity index (χ2v) is 7.55. The van der Waals surface area contributed by atoms with Gasteiger partial charge in [0, 0.05) is 7.05 Å². The summed E-state index contributed by atoms with van der Waals surface area (Å²) in [6.07, 6.45) is 1.71. The number of hydrogen-bond donors (Lipinski definition) is 0. The molecule has 4 nitrogen and oxygen atoms in total. The van der Waals surface area contributed by atoms with Crippen LogP contribution >= 0.6 is 27.7 Å². The second-order valence-electron chi connectivity index (χ2n) is 5.70. The summed E-state index contributed by atoms with van der Waals surface area (Å²) in [6.45, 7) is 2.53. The number of benzene rings is 2. The summed E-state index contributed by atoms with van der Waals surface area (Å²) >= 11 is 4.44. The largest absolute Gasteiger partial charge is 0.488 e.